The Labute approximate surface area is 47.2 Å². The highest BCUT2D eigenvalue weighted by molar-refractivity contribution is 5.46. The van der Waals surface area contributed by atoms with Crippen molar-refractivity contribution in [1.29, 1.82) is 0 Å². The minimum absolute atomic E-state index is 0.0583. The summed E-state index contributed by atoms with van der Waals surface area (Å²) in [4.78, 5) is 29.9. The molecule has 0 fully saturated rings. The van der Waals surface area contributed by atoms with Crippen molar-refractivity contribution >= 4 is 6.41 Å². The third kappa shape index (κ3) is 0.809. The lowest BCUT2D eigenvalue weighted by Crippen LogP contribution is -2.14. The molecule has 0 bridgehead atoms. The van der Waals surface area contributed by atoms with E-state index in [4.69, 9.17) is 0 Å². The van der Waals surface area contributed by atoms with Gasteiger partial charge in [0.15, 0.2) is 0 Å². The van der Waals surface area contributed by atoms with E-state index >= 15 is 0 Å². The summed E-state index contributed by atoms with van der Waals surface area (Å²) >= 11 is 0. The number of aromatic nitrogens is 1. The van der Waals surface area contributed by atoms with Crippen molar-refractivity contribution in [2.75, 3.05) is 0 Å². The molecule has 6 heteroatoms. The van der Waals surface area contributed by atoms with E-state index in [-0.39, 0.29) is 11.3 Å². The van der Waals surface area contributed by atoms with E-state index in [0.717, 1.165) is 0 Å². The third-order valence-corrected chi connectivity index (χ3v) is 0.599. The van der Waals surface area contributed by atoms with E-state index in [1.54, 1.807) is 0 Å². The first-order valence-electron chi connectivity index (χ1n) is 1.93. The highest BCUT2D eigenvalue weighted by Crippen LogP contribution is 1.65. The summed E-state index contributed by atoms with van der Waals surface area (Å²) in [6.07, 6.45) is 0.0583. The summed E-state index contributed by atoms with van der Waals surface area (Å²) in [6, 6.07) is 0. The highest BCUT2D eigenvalue weighted by Gasteiger charge is 2.01. The van der Waals surface area contributed by atoms with E-state index < -0.39 is 11.3 Å². The number of hydrogen-bond donors (Lipinski definition) is 0. The standard InChI is InChI=1S/C3HNO5/c5-1-4-8-2(6)3(7)9-4/h1H. The molecule has 0 N–H and O–H groups in total. The molecule has 0 saturated heterocycles. The molecule has 0 spiro atoms. The maximum atomic E-state index is 10.0. The second-order valence-electron chi connectivity index (χ2n) is 1.15. The summed E-state index contributed by atoms with van der Waals surface area (Å²) in [5, 5.41) is 0. The molecular weight excluding hydrogens is 130 g/mol. The van der Waals surface area contributed by atoms with Gasteiger partial charge in [0.25, 0.3) is 6.41 Å². The van der Waals surface area contributed by atoms with Crippen LogP contribution in [0.3, 0.4) is 0 Å². The van der Waals surface area contributed by atoms with Gasteiger partial charge >= 0.3 is 11.3 Å². The molecule has 1 heterocycles. The van der Waals surface area contributed by atoms with Gasteiger partial charge in [-0.15, -0.1) is 0 Å². The van der Waals surface area contributed by atoms with Gasteiger partial charge in [0.2, 0.25) is 0 Å². The van der Waals surface area contributed by atoms with Crippen LogP contribution in [-0.4, -0.2) is 11.3 Å². The fourth-order valence-electron chi connectivity index (χ4n) is 0.300. The lowest BCUT2D eigenvalue weighted by atomic mass is 11.0. The molecule has 1 aromatic rings. The minimum Gasteiger partial charge on any atom is -0.291 e. The normalized spacial score (nSPS) is 9.33. The highest BCUT2D eigenvalue weighted by atomic mass is 16.7. The summed E-state index contributed by atoms with van der Waals surface area (Å²) in [5.41, 5.74) is -2.38. The van der Waals surface area contributed by atoms with Gasteiger partial charge in [-0.3, -0.25) is 13.8 Å². The molecule has 0 aliphatic carbocycles. The Morgan fingerprint density at radius 2 is 1.67 bits per heavy atom. The van der Waals surface area contributed by atoms with E-state index in [0.29, 0.717) is 0 Å². The first-order chi connectivity index (χ1) is 4.24. The largest absolute Gasteiger partial charge is 0.446 e. The molecule has 1 rings (SSSR count). The molecular formula is C3HNO5. The van der Waals surface area contributed by atoms with Crippen LogP contribution >= 0.6 is 0 Å². The van der Waals surface area contributed by atoms with Crippen molar-refractivity contribution in [3.8, 4) is 0 Å². The second-order valence-corrected chi connectivity index (χ2v) is 1.15. The van der Waals surface area contributed by atoms with Crippen LogP contribution < -0.4 is 11.3 Å². The van der Waals surface area contributed by atoms with E-state index in [1.807, 2.05) is 0 Å². The van der Waals surface area contributed by atoms with Crippen LogP contribution in [0.25, 0.3) is 0 Å². The average molecular weight is 131 g/mol. The SMILES string of the molecule is O=Cn1oc(=O)c(=O)o1. The number of nitrogens with zero attached hydrogens (tertiary/aromatic N) is 1. The zero-order valence-corrected chi connectivity index (χ0v) is 4.07. The zero-order chi connectivity index (χ0) is 6.85. The molecule has 0 aromatic carbocycles. The lowest BCUT2D eigenvalue weighted by molar-refractivity contribution is 0.154. The Hall–Kier alpha value is -1.59. The second kappa shape index (κ2) is 1.73. The van der Waals surface area contributed by atoms with Gasteiger partial charge in [0.1, 0.15) is 0 Å². The van der Waals surface area contributed by atoms with E-state index in [1.165, 1.54) is 0 Å². The predicted molar refractivity (Wildman–Crippen MR) is 23.7 cm³/mol. The quantitative estimate of drug-likeness (QED) is 0.339. The minimum atomic E-state index is -1.19. The van der Waals surface area contributed by atoms with Crippen LogP contribution in [0.1, 0.15) is 0 Å². The van der Waals surface area contributed by atoms with Gasteiger partial charge in [-0.2, -0.15) is 0 Å². The lowest BCUT2D eigenvalue weighted by Gasteiger charge is -1.72. The van der Waals surface area contributed by atoms with Crippen LogP contribution in [0.15, 0.2) is 18.6 Å². The molecule has 9 heavy (non-hydrogen) atoms. The van der Waals surface area contributed by atoms with Crippen molar-refractivity contribution in [2.24, 2.45) is 0 Å². The summed E-state index contributed by atoms with van der Waals surface area (Å²) in [5.74, 6) is 0. The predicted octanol–water partition coefficient (Wildman–Crippen LogP) is -1.57. The molecule has 0 amide bonds. The molecule has 1 aromatic heterocycles. The molecule has 0 aliphatic rings. The van der Waals surface area contributed by atoms with Crippen molar-refractivity contribution in [1.82, 2.24) is 4.91 Å². The number of rotatable bonds is 1. The van der Waals surface area contributed by atoms with E-state index in [9.17, 15) is 14.4 Å². The Morgan fingerprint density at radius 3 is 1.89 bits per heavy atom. The Balaban J connectivity index is 3.46. The molecule has 0 aliphatic heterocycles. The maximum Gasteiger partial charge on any atom is 0.446 e. The van der Waals surface area contributed by atoms with Crippen LogP contribution in [-0.2, 0) is 4.79 Å². The molecule has 48 valence electrons. The zero-order valence-electron chi connectivity index (χ0n) is 4.07. The smallest absolute Gasteiger partial charge is 0.291 e. The van der Waals surface area contributed by atoms with Crippen molar-refractivity contribution in [3.63, 3.8) is 0 Å². The van der Waals surface area contributed by atoms with Crippen LogP contribution in [0.4, 0.5) is 0 Å². The van der Waals surface area contributed by atoms with Gasteiger partial charge < -0.3 is 0 Å². The fraction of sp³-hybridized carbons (Fsp3) is 0. The molecule has 0 radical (unpaired) electrons. The van der Waals surface area contributed by atoms with Gasteiger partial charge in [-0.1, -0.05) is 0 Å². The van der Waals surface area contributed by atoms with Crippen LogP contribution in [0.2, 0.25) is 0 Å². The number of carbonyl (C=O) groups excluding carboxylic acids is 1. The summed E-state index contributed by atoms with van der Waals surface area (Å²) < 4.78 is 7.75. The number of hydrogen-bond acceptors (Lipinski definition) is 5. The van der Waals surface area contributed by atoms with Gasteiger partial charge in [0, 0.05) is 4.91 Å². The molecule has 0 atom stereocenters. The molecule has 0 unspecified atom stereocenters. The Bertz CT molecular complexity index is 286. The Morgan fingerprint density at radius 1 is 1.22 bits per heavy atom. The fourth-order valence-corrected chi connectivity index (χ4v) is 0.300. The first-order valence-corrected chi connectivity index (χ1v) is 1.93. The van der Waals surface area contributed by atoms with Crippen molar-refractivity contribution < 1.29 is 13.8 Å². The third-order valence-electron chi connectivity index (χ3n) is 0.599. The van der Waals surface area contributed by atoms with Crippen LogP contribution in [0.5, 0.6) is 0 Å². The topological polar surface area (TPSA) is 82.4 Å². The maximum absolute atomic E-state index is 10.0. The van der Waals surface area contributed by atoms with Gasteiger partial charge in [0.05, 0.1) is 0 Å². The number of carbonyl (C=O) groups is 1. The first kappa shape index (κ1) is 5.54. The average Bonchev–Trinajstić information content (AvgIpc) is 2.13. The van der Waals surface area contributed by atoms with E-state index in [2.05, 4.69) is 9.05 Å². The molecule has 6 nitrogen and oxygen atoms in total. The van der Waals surface area contributed by atoms with Gasteiger partial charge in [-0.05, 0) is 0 Å². The monoisotopic (exact) mass is 131 g/mol. The van der Waals surface area contributed by atoms with Crippen molar-refractivity contribution in [3.05, 3.63) is 20.8 Å². The van der Waals surface area contributed by atoms with Crippen molar-refractivity contribution in [2.45, 2.75) is 0 Å². The van der Waals surface area contributed by atoms with Crippen LogP contribution in [0, 0.1) is 0 Å². The van der Waals surface area contributed by atoms with Gasteiger partial charge in [-0.25, -0.2) is 9.59 Å². The Kier molecular flexibility index (Phi) is 1.07. The molecule has 0 saturated carbocycles. The summed E-state index contributed by atoms with van der Waals surface area (Å²) in [6.45, 7) is 0. The summed E-state index contributed by atoms with van der Waals surface area (Å²) in [7, 11) is 0.